The molecule has 38 valence electrons. The molecule has 0 aromatic carbocycles. The molecule has 0 N–H and O–H groups in total. The van der Waals surface area contributed by atoms with Crippen molar-refractivity contribution >= 4 is 12.2 Å². The van der Waals surface area contributed by atoms with E-state index in [1.54, 1.807) is 0 Å². The van der Waals surface area contributed by atoms with E-state index in [-0.39, 0.29) is 17.1 Å². The first-order valence-electron chi connectivity index (χ1n) is 0.855. The molecule has 0 aromatic heterocycles. The summed E-state index contributed by atoms with van der Waals surface area (Å²) in [6.45, 7) is 0. The van der Waals surface area contributed by atoms with Gasteiger partial charge in [0.05, 0.1) is 0 Å². The Morgan fingerprint density at radius 3 is 1.00 bits per heavy atom. The molecule has 0 unspecified atom stereocenters. The van der Waals surface area contributed by atoms with Crippen molar-refractivity contribution in [3.63, 3.8) is 0 Å². The molecular formula is C2FeN2O2. The number of isocyanates is 2. The van der Waals surface area contributed by atoms with E-state index in [1.807, 2.05) is 0 Å². The van der Waals surface area contributed by atoms with Crippen LogP contribution in [-0.4, -0.2) is 12.2 Å². The van der Waals surface area contributed by atoms with Crippen LogP contribution in [0.1, 0.15) is 0 Å². The minimum absolute atomic E-state index is 0. The van der Waals surface area contributed by atoms with E-state index in [0.717, 1.165) is 0 Å². The van der Waals surface area contributed by atoms with Crippen molar-refractivity contribution in [3.8, 4) is 0 Å². The van der Waals surface area contributed by atoms with Crippen LogP contribution >= 0.6 is 0 Å². The van der Waals surface area contributed by atoms with Gasteiger partial charge in [0, 0.05) is 0 Å². The maximum absolute atomic E-state index is 8.24. The predicted octanol–water partition coefficient (Wildman–Crippen LogP) is -0.219. The third kappa shape index (κ3) is 109. The molecule has 0 spiro atoms. The zero-order chi connectivity index (χ0) is 5.41. The first-order valence-corrected chi connectivity index (χ1v) is 0.855. The van der Waals surface area contributed by atoms with Crippen molar-refractivity contribution in [1.82, 2.24) is 0 Å². The summed E-state index contributed by atoms with van der Waals surface area (Å²) >= 11 is 0. The summed E-state index contributed by atoms with van der Waals surface area (Å²) in [4.78, 5) is 16.5. The number of nitrogens with zero attached hydrogens (tertiary/aromatic N) is 2. The second-order valence-corrected chi connectivity index (χ2v) is 0.183. The molecule has 0 amide bonds. The minimum atomic E-state index is 0. The molecule has 0 saturated heterocycles. The van der Waals surface area contributed by atoms with Gasteiger partial charge < -0.3 is 10.8 Å². The van der Waals surface area contributed by atoms with E-state index < -0.39 is 0 Å². The van der Waals surface area contributed by atoms with Gasteiger partial charge in [0.15, 0.2) is 0 Å². The van der Waals surface area contributed by atoms with Crippen LogP contribution in [0.4, 0.5) is 0 Å². The summed E-state index contributed by atoms with van der Waals surface area (Å²) in [5.74, 6) is 0. The molecule has 7 heavy (non-hydrogen) atoms. The molecule has 0 saturated carbocycles. The maximum Gasteiger partial charge on any atom is 2.00 e. The topological polar surface area (TPSA) is 78.7 Å². The summed E-state index contributed by atoms with van der Waals surface area (Å²) in [5, 5.41) is 13.5. The molecule has 5 heteroatoms. The van der Waals surface area contributed by atoms with Gasteiger partial charge >= 0.3 is 17.1 Å². The number of hydrogen-bond donors (Lipinski definition) is 0. The van der Waals surface area contributed by atoms with Crippen molar-refractivity contribution in [1.29, 1.82) is 0 Å². The molecule has 0 aliphatic carbocycles. The van der Waals surface area contributed by atoms with Crippen LogP contribution in [0.5, 0.6) is 0 Å². The molecule has 0 bridgehead atoms. The van der Waals surface area contributed by atoms with Crippen LogP contribution in [0, 0.1) is 0 Å². The Kier molecular flexibility index (Phi) is 137. The second kappa shape index (κ2) is 59.1. The van der Waals surface area contributed by atoms with Crippen LogP contribution in [0.3, 0.4) is 0 Å². The first-order chi connectivity index (χ1) is 2.83. The maximum atomic E-state index is 8.24. The largest absolute Gasteiger partial charge is 2.00 e. The first kappa shape index (κ1) is 16.3. The Bertz CT molecular complexity index is 67.7. The van der Waals surface area contributed by atoms with E-state index in [1.165, 1.54) is 0 Å². The molecule has 0 radical (unpaired) electrons. The van der Waals surface area contributed by atoms with Crippen LogP contribution < -0.4 is 0 Å². The van der Waals surface area contributed by atoms with Crippen molar-refractivity contribution in [3.05, 3.63) is 10.8 Å². The normalized spacial score (nSPS) is 2.29. The van der Waals surface area contributed by atoms with Crippen molar-refractivity contribution in [2.24, 2.45) is 0 Å². The standard InChI is InChI=1S/2CNO.Fe/c2*2-1-3;/q2*-1;+2. The zero-order valence-electron chi connectivity index (χ0n) is 3.06. The Labute approximate surface area is 50.4 Å². The average molecular weight is 140 g/mol. The third-order valence-corrected chi connectivity index (χ3v) is 0. The van der Waals surface area contributed by atoms with E-state index >= 15 is 0 Å². The van der Waals surface area contributed by atoms with Crippen LogP contribution in [0.25, 0.3) is 10.8 Å². The molecule has 0 aliphatic heterocycles. The Morgan fingerprint density at radius 2 is 1.00 bits per heavy atom. The summed E-state index contributed by atoms with van der Waals surface area (Å²) in [6, 6.07) is 0. The Hall–Kier alpha value is -0.721. The molecule has 0 fully saturated rings. The second-order valence-electron chi connectivity index (χ2n) is 0.183. The van der Waals surface area contributed by atoms with Gasteiger partial charge in [0.1, 0.15) is 0 Å². The van der Waals surface area contributed by atoms with Gasteiger partial charge in [-0.2, -0.15) is 0 Å². The van der Waals surface area contributed by atoms with Gasteiger partial charge in [-0.05, 0) is 12.2 Å². The quantitative estimate of drug-likeness (QED) is 0.264. The number of carbonyl (C=O) groups excluding carboxylic acids is 2. The average Bonchev–Trinajstić information content (AvgIpc) is 1.39. The fourth-order valence-electron chi connectivity index (χ4n) is 0. The summed E-state index contributed by atoms with van der Waals surface area (Å²) in [5.41, 5.74) is 0. The minimum Gasteiger partial charge on any atom is -0.724 e. The summed E-state index contributed by atoms with van der Waals surface area (Å²) < 4.78 is 0. The molecule has 4 nitrogen and oxygen atoms in total. The Morgan fingerprint density at radius 1 is 1.00 bits per heavy atom. The summed E-state index contributed by atoms with van der Waals surface area (Å²) in [7, 11) is 0. The van der Waals surface area contributed by atoms with E-state index in [2.05, 4.69) is 0 Å². The predicted molar refractivity (Wildman–Crippen MR) is 18.1 cm³/mol. The molecule has 0 atom stereocenters. The van der Waals surface area contributed by atoms with Crippen LogP contribution in [0.2, 0.25) is 0 Å². The van der Waals surface area contributed by atoms with Gasteiger partial charge in [-0.3, -0.25) is 9.59 Å². The Balaban J connectivity index is -0.0000000400. The molecule has 0 heterocycles. The van der Waals surface area contributed by atoms with Gasteiger partial charge in [-0.1, -0.05) is 0 Å². The zero-order valence-corrected chi connectivity index (χ0v) is 4.17. The van der Waals surface area contributed by atoms with Gasteiger partial charge in [0.2, 0.25) is 0 Å². The van der Waals surface area contributed by atoms with Crippen LogP contribution in [-0.2, 0) is 26.7 Å². The number of rotatable bonds is 0. The number of hydrogen-bond acceptors (Lipinski definition) is 2. The van der Waals surface area contributed by atoms with Crippen molar-refractivity contribution in [2.75, 3.05) is 0 Å². The molecule has 0 aliphatic rings. The van der Waals surface area contributed by atoms with Crippen molar-refractivity contribution < 1.29 is 26.7 Å². The summed E-state index contributed by atoms with van der Waals surface area (Å²) in [6.07, 6.45) is 1.00. The molecule has 0 rings (SSSR count). The fourth-order valence-corrected chi connectivity index (χ4v) is 0. The third-order valence-electron chi connectivity index (χ3n) is 0. The van der Waals surface area contributed by atoms with Crippen molar-refractivity contribution in [2.45, 2.75) is 0 Å². The molecule has 0 aromatic rings. The SMILES string of the molecule is [Fe+2].[N-]=C=O.[N-]=C=O. The fraction of sp³-hybridized carbons (Fsp3) is 0. The van der Waals surface area contributed by atoms with E-state index in [4.69, 9.17) is 20.4 Å². The smallest absolute Gasteiger partial charge is 0.724 e. The van der Waals surface area contributed by atoms with E-state index in [9.17, 15) is 0 Å². The molecular weight excluding hydrogens is 140 g/mol. The van der Waals surface area contributed by atoms with Crippen LogP contribution in [0.15, 0.2) is 0 Å². The van der Waals surface area contributed by atoms with Gasteiger partial charge in [0.25, 0.3) is 0 Å². The van der Waals surface area contributed by atoms with Gasteiger partial charge in [-0.15, -0.1) is 0 Å². The van der Waals surface area contributed by atoms with E-state index in [0.29, 0.717) is 12.2 Å². The monoisotopic (exact) mass is 140 g/mol. The van der Waals surface area contributed by atoms with Gasteiger partial charge in [-0.25, -0.2) is 0 Å².